The third-order valence-electron chi connectivity index (χ3n) is 12.6. The number of hydrogen-bond acceptors (Lipinski definition) is 5. The molecule has 0 amide bonds. The predicted octanol–water partition coefficient (Wildman–Crippen LogP) is 13.0. The molecule has 4 heterocycles. The first-order chi connectivity index (χ1) is 31.8. The number of benzene rings is 8. The lowest BCUT2D eigenvalue weighted by Gasteiger charge is -2.44. The van der Waals surface area contributed by atoms with Crippen molar-refractivity contribution in [2.45, 2.75) is 0 Å². The van der Waals surface area contributed by atoms with E-state index in [4.69, 9.17) is 0 Å². The van der Waals surface area contributed by atoms with Gasteiger partial charge in [-0.05, 0) is 159 Å². The predicted molar refractivity (Wildman–Crippen MR) is 267 cm³/mol. The first-order valence-electron chi connectivity index (χ1n) is 21.7. The normalized spacial score (nSPS) is 12.3. The monoisotopic (exact) mass is 817 g/mol. The zero-order valence-electron chi connectivity index (χ0n) is 34.9. The van der Waals surface area contributed by atoms with Crippen LogP contribution in [0.5, 0.6) is 0 Å². The van der Waals surface area contributed by atoms with Crippen LogP contribution in [0.4, 0.5) is 51.2 Å². The minimum atomic E-state index is -0.0267. The third kappa shape index (κ3) is 6.43. The molecule has 5 nitrogen and oxygen atoms in total. The fraction of sp³-hybridized carbons (Fsp3) is 0. The minimum absolute atomic E-state index is 0.0267. The molecule has 10 aromatic rings. The minimum Gasteiger partial charge on any atom is -0.311 e. The summed E-state index contributed by atoms with van der Waals surface area (Å²) in [5.41, 5.74) is 20.7. The summed E-state index contributed by atoms with van der Waals surface area (Å²) in [6.07, 6.45) is 7.47. The standard InChI is InChI=1S/C58H40BN5/c1-4-14-41(15-5-1)44-16-12-21-49(37-44)63-55-24-13-25-56-58(55)59(53-27-26-50(40-57(53)63)62(47-17-6-2-7-18-47)48-19-8-3-9-20-48)52-22-10-11-23-54(52)64(56)51-38-45(42-28-32-60-33-29-42)36-46(39-51)43-30-34-61-35-31-43/h1-40H. The van der Waals surface area contributed by atoms with E-state index in [0.29, 0.717) is 0 Å². The van der Waals surface area contributed by atoms with E-state index < -0.39 is 0 Å². The van der Waals surface area contributed by atoms with Crippen molar-refractivity contribution in [3.8, 4) is 33.4 Å². The van der Waals surface area contributed by atoms with Crippen molar-refractivity contribution in [3.63, 3.8) is 0 Å². The van der Waals surface area contributed by atoms with Gasteiger partial charge in [-0.25, -0.2) is 0 Å². The Hall–Kier alpha value is -8.48. The Labute approximate surface area is 373 Å². The van der Waals surface area contributed by atoms with E-state index in [1.165, 1.54) is 27.5 Å². The maximum Gasteiger partial charge on any atom is 0.252 e. The second kappa shape index (κ2) is 15.8. The van der Waals surface area contributed by atoms with Gasteiger partial charge in [-0.15, -0.1) is 0 Å². The molecule has 2 aromatic heterocycles. The molecular formula is C58H40BN5. The van der Waals surface area contributed by atoms with Crippen LogP contribution in [0, 0.1) is 0 Å². The molecule has 64 heavy (non-hydrogen) atoms. The molecule has 0 N–H and O–H groups in total. The zero-order valence-corrected chi connectivity index (χ0v) is 34.9. The van der Waals surface area contributed by atoms with Gasteiger partial charge in [0.05, 0.1) is 0 Å². The van der Waals surface area contributed by atoms with Crippen molar-refractivity contribution in [3.05, 3.63) is 243 Å². The van der Waals surface area contributed by atoms with Crippen molar-refractivity contribution in [1.82, 2.24) is 9.97 Å². The number of nitrogens with zero attached hydrogens (tertiary/aromatic N) is 5. The number of fused-ring (bicyclic) bond motifs is 4. The summed E-state index contributed by atoms with van der Waals surface area (Å²) >= 11 is 0. The van der Waals surface area contributed by atoms with Gasteiger partial charge in [-0.3, -0.25) is 9.97 Å². The molecule has 0 saturated carbocycles. The van der Waals surface area contributed by atoms with Gasteiger partial charge in [0.15, 0.2) is 0 Å². The molecule has 0 radical (unpaired) electrons. The van der Waals surface area contributed by atoms with Crippen LogP contribution in [-0.4, -0.2) is 16.7 Å². The van der Waals surface area contributed by atoms with Gasteiger partial charge in [-0.1, -0.05) is 109 Å². The van der Waals surface area contributed by atoms with Crippen LogP contribution in [-0.2, 0) is 0 Å². The average molecular weight is 818 g/mol. The Bertz CT molecular complexity index is 3190. The molecule has 6 heteroatoms. The van der Waals surface area contributed by atoms with E-state index in [1.807, 2.05) is 24.8 Å². The molecule has 8 aromatic carbocycles. The van der Waals surface area contributed by atoms with Gasteiger partial charge in [-0.2, -0.15) is 0 Å². The smallest absolute Gasteiger partial charge is 0.252 e. The lowest BCUT2D eigenvalue weighted by molar-refractivity contribution is 1.24. The third-order valence-corrected chi connectivity index (χ3v) is 12.6. The van der Waals surface area contributed by atoms with Crippen LogP contribution in [0.1, 0.15) is 0 Å². The highest BCUT2D eigenvalue weighted by molar-refractivity contribution is 7.00. The number of aromatic nitrogens is 2. The van der Waals surface area contributed by atoms with Crippen LogP contribution in [0.15, 0.2) is 243 Å². The maximum atomic E-state index is 4.35. The Balaban J connectivity index is 1.11. The van der Waals surface area contributed by atoms with E-state index in [2.05, 4.69) is 243 Å². The fourth-order valence-electron chi connectivity index (χ4n) is 9.78. The molecule has 0 bridgehead atoms. The summed E-state index contributed by atoms with van der Waals surface area (Å²) in [4.78, 5) is 16.0. The number of para-hydroxylation sites is 3. The van der Waals surface area contributed by atoms with Crippen molar-refractivity contribution < 1.29 is 0 Å². The van der Waals surface area contributed by atoms with E-state index in [1.54, 1.807) is 0 Å². The van der Waals surface area contributed by atoms with Crippen LogP contribution >= 0.6 is 0 Å². The molecule has 0 saturated heterocycles. The van der Waals surface area contributed by atoms with Crippen molar-refractivity contribution in [2.75, 3.05) is 14.7 Å². The second-order valence-electron chi connectivity index (χ2n) is 16.3. The largest absolute Gasteiger partial charge is 0.311 e. The second-order valence-corrected chi connectivity index (χ2v) is 16.3. The highest BCUT2D eigenvalue weighted by atomic mass is 15.2. The van der Waals surface area contributed by atoms with Gasteiger partial charge in [0, 0.05) is 76.0 Å². The van der Waals surface area contributed by atoms with E-state index in [0.717, 1.165) is 73.4 Å². The molecule has 0 spiro atoms. The quantitative estimate of drug-likeness (QED) is 0.143. The van der Waals surface area contributed by atoms with Crippen LogP contribution in [0.3, 0.4) is 0 Å². The highest BCUT2D eigenvalue weighted by Gasteiger charge is 2.43. The van der Waals surface area contributed by atoms with Crippen molar-refractivity contribution in [2.24, 2.45) is 0 Å². The maximum absolute atomic E-state index is 4.35. The molecular weight excluding hydrogens is 777 g/mol. The molecule has 0 unspecified atom stereocenters. The Morgan fingerprint density at radius 3 is 1.44 bits per heavy atom. The van der Waals surface area contributed by atoms with Crippen LogP contribution in [0.2, 0.25) is 0 Å². The molecule has 300 valence electrons. The Morgan fingerprint density at radius 1 is 0.312 bits per heavy atom. The fourth-order valence-corrected chi connectivity index (χ4v) is 9.78. The lowest BCUT2D eigenvalue weighted by atomic mass is 9.33. The van der Waals surface area contributed by atoms with Gasteiger partial charge < -0.3 is 14.7 Å². The van der Waals surface area contributed by atoms with Gasteiger partial charge in [0.1, 0.15) is 0 Å². The number of pyridine rings is 2. The Kier molecular flexibility index (Phi) is 9.19. The number of rotatable bonds is 8. The molecule has 0 aliphatic carbocycles. The van der Waals surface area contributed by atoms with Crippen LogP contribution < -0.4 is 31.1 Å². The Morgan fingerprint density at radius 2 is 0.797 bits per heavy atom. The summed E-state index contributed by atoms with van der Waals surface area (Å²) in [5, 5.41) is 0. The highest BCUT2D eigenvalue weighted by Crippen LogP contribution is 2.47. The topological polar surface area (TPSA) is 35.5 Å². The molecule has 0 fully saturated rings. The SMILES string of the molecule is c1ccc(-c2cccc(N3c4cc(N(c5ccccc5)c5ccccc5)ccc4B4c5ccccc5N(c5cc(-c6ccncc6)cc(-c6ccncc6)c5)c5cccc3c54)c2)cc1. The summed E-state index contributed by atoms with van der Waals surface area (Å²) in [5.74, 6) is 0. The lowest BCUT2D eigenvalue weighted by Crippen LogP contribution is -2.61. The number of hydrogen-bond donors (Lipinski definition) is 0. The number of anilines is 9. The summed E-state index contributed by atoms with van der Waals surface area (Å²) in [6.45, 7) is -0.0267. The summed E-state index contributed by atoms with van der Waals surface area (Å²) in [6, 6.07) is 79.2. The van der Waals surface area contributed by atoms with E-state index in [-0.39, 0.29) is 6.71 Å². The van der Waals surface area contributed by atoms with Crippen molar-refractivity contribution in [1.29, 1.82) is 0 Å². The van der Waals surface area contributed by atoms with E-state index >= 15 is 0 Å². The van der Waals surface area contributed by atoms with Crippen molar-refractivity contribution >= 4 is 74.3 Å². The first kappa shape index (κ1) is 37.3. The molecule has 12 rings (SSSR count). The van der Waals surface area contributed by atoms with E-state index in [9.17, 15) is 0 Å². The summed E-state index contributed by atoms with van der Waals surface area (Å²) < 4.78 is 0. The summed E-state index contributed by atoms with van der Waals surface area (Å²) in [7, 11) is 0. The molecule has 0 atom stereocenters. The van der Waals surface area contributed by atoms with Gasteiger partial charge in [0.25, 0.3) is 6.71 Å². The molecule has 2 aliphatic rings. The molecule has 2 aliphatic heterocycles. The zero-order chi connectivity index (χ0) is 42.4. The first-order valence-corrected chi connectivity index (χ1v) is 21.7. The average Bonchev–Trinajstić information content (AvgIpc) is 3.37. The van der Waals surface area contributed by atoms with Crippen LogP contribution in [0.25, 0.3) is 33.4 Å². The van der Waals surface area contributed by atoms with Gasteiger partial charge >= 0.3 is 0 Å². The van der Waals surface area contributed by atoms with Gasteiger partial charge in [0.2, 0.25) is 0 Å².